The Hall–Kier alpha value is -3.65. The Labute approximate surface area is 185 Å². The zero-order valence-electron chi connectivity index (χ0n) is 18.3. The molecule has 0 aliphatic rings. The summed E-state index contributed by atoms with van der Waals surface area (Å²) in [5.41, 5.74) is 10.1. The lowest BCUT2D eigenvalue weighted by Crippen LogP contribution is -2.11. The van der Waals surface area contributed by atoms with Gasteiger partial charge in [0.05, 0.1) is 17.5 Å². The van der Waals surface area contributed by atoms with Crippen LogP contribution in [0.1, 0.15) is 37.8 Å². The predicted octanol–water partition coefficient (Wildman–Crippen LogP) is 4.81. The second kappa shape index (κ2) is 9.23. The van der Waals surface area contributed by atoms with Gasteiger partial charge in [-0.3, -0.25) is 0 Å². The molecule has 0 amide bonds. The maximum Gasteiger partial charge on any atom is 0.270 e. The zero-order valence-corrected chi connectivity index (χ0v) is 18.3. The summed E-state index contributed by atoms with van der Waals surface area (Å²) in [6, 6.07) is 13.0. The van der Waals surface area contributed by atoms with Crippen LogP contribution in [0, 0.1) is 5.82 Å². The van der Waals surface area contributed by atoms with Crippen molar-refractivity contribution < 1.29 is 8.81 Å². The van der Waals surface area contributed by atoms with E-state index in [-0.39, 0.29) is 28.9 Å². The lowest BCUT2D eigenvalue weighted by molar-refractivity contribution is 0.568. The molecular weight excluding hydrogens is 407 g/mol. The van der Waals surface area contributed by atoms with Crippen LogP contribution in [0.2, 0.25) is 0 Å². The summed E-state index contributed by atoms with van der Waals surface area (Å²) in [7, 11) is 0. The standard InChI is InChI=1S/C24H25FN6O/c1-4-27-12-15-5-10-18(19(25)11-15)23-30-31-24(32-23)21-22(26)28-13-20(29-21)17-8-6-16(7-9-17)14(2)3/h5-11,13-14,27H,4,12H2,1-3H3,(H2,26,28). The largest absolute Gasteiger partial charge is 0.414 e. The van der Waals surface area contributed by atoms with Gasteiger partial charge in [-0.05, 0) is 35.7 Å². The third-order valence-corrected chi connectivity index (χ3v) is 5.14. The topological polar surface area (TPSA) is 103 Å². The van der Waals surface area contributed by atoms with E-state index in [1.165, 1.54) is 11.6 Å². The van der Waals surface area contributed by atoms with Gasteiger partial charge in [0.25, 0.3) is 11.8 Å². The first-order chi connectivity index (χ1) is 15.5. The van der Waals surface area contributed by atoms with Crippen LogP contribution in [-0.2, 0) is 6.54 Å². The first kappa shape index (κ1) is 21.6. The van der Waals surface area contributed by atoms with Crippen LogP contribution in [0.15, 0.2) is 53.1 Å². The summed E-state index contributed by atoms with van der Waals surface area (Å²) in [6.07, 6.45) is 1.60. The minimum atomic E-state index is -0.436. The summed E-state index contributed by atoms with van der Waals surface area (Å²) in [4.78, 5) is 8.81. The molecule has 4 rings (SSSR count). The molecule has 2 aromatic carbocycles. The Morgan fingerprint density at radius 3 is 2.50 bits per heavy atom. The Balaban J connectivity index is 1.63. The number of anilines is 1. The van der Waals surface area contributed by atoms with Crippen molar-refractivity contribution in [2.75, 3.05) is 12.3 Å². The molecule has 4 aromatic rings. The molecule has 0 unspecified atom stereocenters. The summed E-state index contributed by atoms with van der Waals surface area (Å²) in [6.45, 7) is 7.66. The highest BCUT2D eigenvalue weighted by Gasteiger charge is 2.19. The van der Waals surface area contributed by atoms with E-state index in [0.29, 0.717) is 18.2 Å². The SMILES string of the molecule is CCNCc1ccc(-c2nnc(-c3nc(-c4ccc(C(C)C)cc4)cnc3N)o2)c(F)c1. The minimum Gasteiger partial charge on any atom is -0.414 e. The predicted molar refractivity (Wildman–Crippen MR) is 122 cm³/mol. The average molecular weight is 433 g/mol. The molecule has 8 heteroatoms. The molecule has 0 radical (unpaired) electrons. The number of benzene rings is 2. The molecule has 0 fully saturated rings. The summed E-state index contributed by atoms with van der Waals surface area (Å²) < 4.78 is 20.3. The number of hydrogen-bond acceptors (Lipinski definition) is 7. The molecular formula is C24H25FN6O. The van der Waals surface area contributed by atoms with Gasteiger partial charge < -0.3 is 15.5 Å². The number of nitrogens with one attached hydrogen (secondary N) is 1. The fourth-order valence-corrected chi connectivity index (χ4v) is 3.27. The van der Waals surface area contributed by atoms with Crippen LogP contribution in [0.5, 0.6) is 0 Å². The molecule has 3 N–H and O–H groups in total. The van der Waals surface area contributed by atoms with E-state index in [1.807, 2.05) is 25.1 Å². The van der Waals surface area contributed by atoms with Crippen molar-refractivity contribution in [1.29, 1.82) is 0 Å². The van der Waals surface area contributed by atoms with Gasteiger partial charge in [0.1, 0.15) is 5.82 Å². The lowest BCUT2D eigenvalue weighted by atomic mass is 10.0. The van der Waals surface area contributed by atoms with Crippen molar-refractivity contribution >= 4 is 5.82 Å². The van der Waals surface area contributed by atoms with Crippen molar-refractivity contribution in [2.45, 2.75) is 33.2 Å². The quantitative estimate of drug-likeness (QED) is 0.432. The second-order valence-electron chi connectivity index (χ2n) is 7.77. The van der Waals surface area contributed by atoms with Gasteiger partial charge in [0, 0.05) is 12.1 Å². The average Bonchev–Trinajstić information content (AvgIpc) is 3.28. The molecule has 0 atom stereocenters. The van der Waals surface area contributed by atoms with Crippen molar-refractivity contribution in [3.05, 3.63) is 65.6 Å². The Bertz CT molecular complexity index is 1220. The van der Waals surface area contributed by atoms with Crippen molar-refractivity contribution in [2.24, 2.45) is 0 Å². The fourth-order valence-electron chi connectivity index (χ4n) is 3.27. The Morgan fingerprint density at radius 2 is 1.81 bits per heavy atom. The minimum absolute atomic E-state index is 0.0559. The van der Waals surface area contributed by atoms with Crippen LogP contribution >= 0.6 is 0 Å². The summed E-state index contributed by atoms with van der Waals surface area (Å²) in [5.74, 6) is 0.298. The molecule has 0 saturated heterocycles. The number of nitrogen functional groups attached to an aromatic ring is 1. The molecule has 164 valence electrons. The smallest absolute Gasteiger partial charge is 0.270 e. The van der Waals surface area contributed by atoms with Crippen LogP contribution in [0.25, 0.3) is 34.3 Å². The second-order valence-corrected chi connectivity index (χ2v) is 7.77. The van der Waals surface area contributed by atoms with E-state index in [2.05, 4.69) is 51.5 Å². The Kier molecular flexibility index (Phi) is 6.23. The molecule has 0 spiro atoms. The van der Waals surface area contributed by atoms with Crippen LogP contribution in [0.4, 0.5) is 10.2 Å². The van der Waals surface area contributed by atoms with Gasteiger partial charge >= 0.3 is 0 Å². The van der Waals surface area contributed by atoms with E-state index in [4.69, 9.17) is 10.2 Å². The van der Waals surface area contributed by atoms with Gasteiger partial charge in [-0.15, -0.1) is 10.2 Å². The summed E-state index contributed by atoms with van der Waals surface area (Å²) >= 11 is 0. The van der Waals surface area contributed by atoms with Crippen LogP contribution in [-0.4, -0.2) is 26.7 Å². The molecule has 0 bridgehead atoms. The number of halogens is 1. The number of nitrogens with zero attached hydrogens (tertiary/aromatic N) is 4. The van der Waals surface area contributed by atoms with Gasteiger partial charge in [-0.1, -0.05) is 51.1 Å². The molecule has 2 heterocycles. The molecule has 0 aliphatic carbocycles. The normalized spacial score (nSPS) is 11.3. The maximum absolute atomic E-state index is 14.6. The van der Waals surface area contributed by atoms with Crippen molar-refractivity contribution in [1.82, 2.24) is 25.5 Å². The van der Waals surface area contributed by atoms with Crippen LogP contribution < -0.4 is 11.1 Å². The highest BCUT2D eigenvalue weighted by Crippen LogP contribution is 2.29. The van der Waals surface area contributed by atoms with E-state index in [1.54, 1.807) is 12.3 Å². The fraction of sp³-hybridized carbons (Fsp3) is 0.250. The van der Waals surface area contributed by atoms with Crippen molar-refractivity contribution in [3.8, 4) is 34.3 Å². The summed E-state index contributed by atoms with van der Waals surface area (Å²) in [5, 5.41) is 11.2. The molecule has 0 saturated carbocycles. The third kappa shape index (κ3) is 4.50. The van der Waals surface area contributed by atoms with Gasteiger partial charge in [-0.25, -0.2) is 14.4 Å². The highest BCUT2D eigenvalue weighted by atomic mass is 19.1. The van der Waals surface area contributed by atoms with E-state index in [9.17, 15) is 4.39 Å². The Morgan fingerprint density at radius 1 is 1.06 bits per heavy atom. The van der Waals surface area contributed by atoms with Gasteiger partial charge in [-0.2, -0.15) is 0 Å². The zero-order chi connectivity index (χ0) is 22.7. The number of aromatic nitrogens is 4. The van der Waals surface area contributed by atoms with E-state index in [0.717, 1.165) is 17.7 Å². The number of nitrogens with two attached hydrogens (primary N) is 1. The molecule has 7 nitrogen and oxygen atoms in total. The van der Waals surface area contributed by atoms with Crippen LogP contribution in [0.3, 0.4) is 0 Å². The van der Waals surface area contributed by atoms with Crippen molar-refractivity contribution in [3.63, 3.8) is 0 Å². The maximum atomic E-state index is 14.6. The van der Waals surface area contributed by atoms with E-state index >= 15 is 0 Å². The first-order valence-corrected chi connectivity index (χ1v) is 10.5. The van der Waals surface area contributed by atoms with Gasteiger partial charge in [0.15, 0.2) is 11.5 Å². The molecule has 32 heavy (non-hydrogen) atoms. The highest BCUT2D eigenvalue weighted by molar-refractivity contribution is 5.69. The van der Waals surface area contributed by atoms with Gasteiger partial charge in [0.2, 0.25) is 0 Å². The van der Waals surface area contributed by atoms with E-state index < -0.39 is 5.82 Å². The molecule has 0 aliphatic heterocycles. The lowest BCUT2D eigenvalue weighted by Gasteiger charge is -2.08. The molecule has 2 aromatic heterocycles. The number of rotatable bonds is 7. The third-order valence-electron chi connectivity index (χ3n) is 5.14. The number of hydrogen-bond donors (Lipinski definition) is 2. The first-order valence-electron chi connectivity index (χ1n) is 10.5. The monoisotopic (exact) mass is 432 g/mol.